The van der Waals surface area contributed by atoms with E-state index in [1.54, 1.807) is 25.6 Å². The van der Waals surface area contributed by atoms with Gasteiger partial charge in [0.2, 0.25) is 0 Å². The van der Waals surface area contributed by atoms with Crippen LogP contribution in [0.15, 0.2) is 24.3 Å². The smallest absolute Gasteiger partial charge is 0.127 e. The van der Waals surface area contributed by atoms with Crippen molar-refractivity contribution in [2.24, 2.45) is 0 Å². The van der Waals surface area contributed by atoms with Crippen LogP contribution in [-0.4, -0.2) is 21.3 Å². The number of nitrogens with one attached hydrogen (secondary N) is 1. The van der Waals surface area contributed by atoms with Crippen molar-refractivity contribution in [1.82, 2.24) is 5.32 Å². The van der Waals surface area contributed by atoms with Crippen molar-refractivity contribution in [1.29, 1.82) is 0 Å². The Morgan fingerprint density at radius 2 is 1.70 bits per heavy atom. The Morgan fingerprint density at radius 1 is 1.10 bits per heavy atom. The SMILES string of the molecule is CNC(c1cc(C)c(C)s1)c1c(OC)cccc1OC. The van der Waals surface area contributed by atoms with E-state index in [0.29, 0.717) is 0 Å². The van der Waals surface area contributed by atoms with Gasteiger partial charge in [-0.05, 0) is 44.7 Å². The molecular formula is C16H21NO2S. The molecule has 0 aliphatic heterocycles. The Balaban J connectivity index is 2.56. The molecule has 20 heavy (non-hydrogen) atoms. The Hall–Kier alpha value is -1.52. The fourth-order valence-corrected chi connectivity index (χ4v) is 3.50. The Kier molecular flexibility index (Phi) is 4.68. The number of thiophene rings is 1. The molecule has 1 atom stereocenters. The van der Waals surface area contributed by atoms with Crippen LogP contribution in [0.5, 0.6) is 11.5 Å². The lowest BCUT2D eigenvalue weighted by atomic mass is 10.0. The quantitative estimate of drug-likeness (QED) is 0.911. The minimum Gasteiger partial charge on any atom is -0.496 e. The van der Waals surface area contributed by atoms with Crippen molar-refractivity contribution in [2.75, 3.05) is 21.3 Å². The lowest BCUT2D eigenvalue weighted by molar-refractivity contribution is 0.379. The zero-order valence-corrected chi connectivity index (χ0v) is 13.4. The lowest BCUT2D eigenvalue weighted by Crippen LogP contribution is -2.18. The molecule has 0 fully saturated rings. The summed E-state index contributed by atoms with van der Waals surface area (Å²) in [5.41, 5.74) is 2.36. The predicted molar refractivity (Wildman–Crippen MR) is 84.2 cm³/mol. The number of aryl methyl sites for hydroxylation is 2. The zero-order chi connectivity index (χ0) is 14.7. The highest BCUT2D eigenvalue weighted by atomic mass is 32.1. The third kappa shape index (κ3) is 2.67. The number of ether oxygens (including phenoxy) is 2. The van der Waals surface area contributed by atoms with E-state index in [1.165, 1.54) is 15.3 Å². The number of rotatable bonds is 5. The van der Waals surface area contributed by atoms with E-state index in [-0.39, 0.29) is 6.04 Å². The van der Waals surface area contributed by atoms with E-state index < -0.39 is 0 Å². The van der Waals surface area contributed by atoms with Crippen LogP contribution in [0.25, 0.3) is 0 Å². The normalized spacial score (nSPS) is 12.2. The van der Waals surface area contributed by atoms with E-state index in [2.05, 4.69) is 25.2 Å². The first kappa shape index (κ1) is 14.9. The summed E-state index contributed by atoms with van der Waals surface area (Å²) in [6.45, 7) is 4.29. The molecule has 0 radical (unpaired) electrons. The van der Waals surface area contributed by atoms with Gasteiger partial charge in [-0.15, -0.1) is 11.3 Å². The van der Waals surface area contributed by atoms with Gasteiger partial charge in [0.05, 0.1) is 25.8 Å². The Labute approximate surface area is 124 Å². The van der Waals surface area contributed by atoms with Gasteiger partial charge in [-0.25, -0.2) is 0 Å². The van der Waals surface area contributed by atoms with Crippen LogP contribution in [0.2, 0.25) is 0 Å². The summed E-state index contributed by atoms with van der Waals surface area (Å²) in [7, 11) is 5.34. The van der Waals surface area contributed by atoms with Gasteiger partial charge < -0.3 is 14.8 Å². The first-order valence-corrected chi connectivity index (χ1v) is 7.39. The van der Waals surface area contributed by atoms with E-state index >= 15 is 0 Å². The van der Waals surface area contributed by atoms with Crippen molar-refractivity contribution in [3.05, 3.63) is 45.1 Å². The molecule has 1 unspecified atom stereocenters. The molecule has 0 aliphatic rings. The van der Waals surface area contributed by atoms with Crippen molar-refractivity contribution >= 4 is 11.3 Å². The van der Waals surface area contributed by atoms with Crippen LogP contribution in [0.4, 0.5) is 0 Å². The highest BCUT2D eigenvalue weighted by Gasteiger charge is 2.23. The standard InChI is InChI=1S/C16H21NO2S/c1-10-9-14(20-11(10)2)16(17-3)15-12(18-4)7-6-8-13(15)19-5/h6-9,16-17H,1-5H3. The molecule has 3 nitrogen and oxygen atoms in total. The maximum absolute atomic E-state index is 5.51. The summed E-state index contributed by atoms with van der Waals surface area (Å²) in [5.74, 6) is 1.68. The van der Waals surface area contributed by atoms with Gasteiger partial charge in [-0.3, -0.25) is 0 Å². The van der Waals surface area contributed by atoms with E-state index in [0.717, 1.165) is 17.1 Å². The average Bonchev–Trinajstić information content (AvgIpc) is 2.79. The second kappa shape index (κ2) is 6.29. The largest absolute Gasteiger partial charge is 0.496 e. The third-order valence-electron chi connectivity index (χ3n) is 3.51. The fraction of sp³-hybridized carbons (Fsp3) is 0.375. The monoisotopic (exact) mass is 291 g/mol. The third-order valence-corrected chi connectivity index (χ3v) is 4.73. The van der Waals surface area contributed by atoms with Gasteiger partial charge in [-0.2, -0.15) is 0 Å². The van der Waals surface area contributed by atoms with Gasteiger partial charge in [0.15, 0.2) is 0 Å². The molecule has 1 aromatic carbocycles. The second-order valence-electron chi connectivity index (χ2n) is 4.69. The number of methoxy groups -OCH3 is 2. The van der Waals surface area contributed by atoms with E-state index in [1.807, 2.05) is 25.2 Å². The van der Waals surface area contributed by atoms with Crippen LogP contribution >= 0.6 is 11.3 Å². The second-order valence-corrected chi connectivity index (χ2v) is 5.97. The zero-order valence-electron chi connectivity index (χ0n) is 12.6. The molecule has 0 bridgehead atoms. The molecule has 0 spiro atoms. The number of hydrogen-bond donors (Lipinski definition) is 1. The summed E-state index contributed by atoms with van der Waals surface area (Å²) in [4.78, 5) is 2.61. The topological polar surface area (TPSA) is 30.5 Å². The highest BCUT2D eigenvalue weighted by molar-refractivity contribution is 7.12. The van der Waals surface area contributed by atoms with Gasteiger partial charge in [-0.1, -0.05) is 6.07 Å². The molecule has 1 aromatic heterocycles. The molecule has 0 saturated carbocycles. The van der Waals surface area contributed by atoms with Crippen molar-refractivity contribution in [3.63, 3.8) is 0 Å². The summed E-state index contributed by atoms with van der Waals surface area (Å²) in [6.07, 6.45) is 0. The molecule has 108 valence electrons. The molecular weight excluding hydrogens is 270 g/mol. The van der Waals surface area contributed by atoms with E-state index in [4.69, 9.17) is 9.47 Å². The first-order valence-electron chi connectivity index (χ1n) is 6.57. The number of hydrogen-bond acceptors (Lipinski definition) is 4. The molecule has 1 N–H and O–H groups in total. The van der Waals surface area contributed by atoms with Crippen LogP contribution in [0.1, 0.15) is 26.9 Å². The fourth-order valence-electron chi connectivity index (χ4n) is 2.34. The van der Waals surface area contributed by atoms with Crippen molar-refractivity contribution < 1.29 is 9.47 Å². The van der Waals surface area contributed by atoms with Gasteiger partial charge in [0.1, 0.15) is 11.5 Å². The Bertz CT molecular complexity index is 550. The molecule has 2 rings (SSSR count). The predicted octanol–water partition coefficient (Wildman–Crippen LogP) is 3.69. The lowest BCUT2D eigenvalue weighted by Gasteiger charge is -2.21. The molecule has 0 aliphatic carbocycles. The summed E-state index contributed by atoms with van der Waals surface area (Å²) >= 11 is 1.81. The molecule has 1 heterocycles. The molecule has 0 amide bonds. The van der Waals surface area contributed by atoms with Crippen LogP contribution in [0.3, 0.4) is 0 Å². The van der Waals surface area contributed by atoms with Crippen LogP contribution < -0.4 is 14.8 Å². The molecule has 2 aromatic rings. The van der Waals surface area contributed by atoms with E-state index in [9.17, 15) is 0 Å². The summed E-state index contributed by atoms with van der Waals surface area (Å²) in [6, 6.07) is 8.18. The van der Waals surface area contributed by atoms with Gasteiger partial charge in [0, 0.05) is 9.75 Å². The highest BCUT2D eigenvalue weighted by Crippen LogP contribution is 2.39. The van der Waals surface area contributed by atoms with Crippen LogP contribution in [-0.2, 0) is 0 Å². The van der Waals surface area contributed by atoms with Crippen molar-refractivity contribution in [3.8, 4) is 11.5 Å². The summed E-state index contributed by atoms with van der Waals surface area (Å²) in [5, 5.41) is 3.38. The van der Waals surface area contributed by atoms with Crippen molar-refractivity contribution in [2.45, 2.75) is 19.9 Å². The number of benzene rings is 1. The maximum atomic E-state index is 5.51. The summed E-state index contributed by atoms with van der Waals surface area (Å²) < 4.78 is 11.0. The molecule has 0 saturated heterocycles. The maximum Gasteiger partial charge on any atom is 0.127 e. The molecule has 4 heteroatoms. The minimum atomic E-state index is 0.0681. The van der Waals surface area contributed by atoms with Gasteiger partial charge in [0.25, 0.3) is 0 Å². The van der Waals surface area contributed by atoms with Gasteiger partial charge >= 0.3 is 0 Å². The Morgan fingerprint density at radius 3 is 2.10 bits per heavy atom. The van der Waals surface area contributed by atoms with Crippen LogP contribution in [0, 0.1) is 13.8 Å². The minimum absolute atomic E-state index is 0.0681. The average molecular weight is 291 g/mol. The first-order chi connectivity index (χ1) is 9.62.